The topological polar surface area (TPSA) is 64.3 Å². The summed E-state index contributed by atoms with van der Waals surface area (Å²) in [5.41, 5.74) is 4.83. The molecule has 0 aromatic carbocycles. The Labute approximate surface area is 72.5 Å². The summed E-state index contributed by atoms with van der Waals surface area (Å²) in [5.74, 6) is -0.403. The molecule has 0 bridgehead atoms. The summed E-state index contributed by atoms with van der Waals surface area (Å²) < 4.78 is 5.33. The highest BCUT2D eigenvalue weighted by Gasteiger charge is 2.39. The van der Waals surface area contributed by atoms with Crippen molar-refractivity contribution in [3.05, 3.63) is 0 Å². The third kappa shape index (κ3) is 1.76. The molecule has 0 spiro atoms. The predicted molar refractivity (Wildman–Crippen MR) is 45.6 cm³/mol. The van der Waals surface area contributed by atoms with E-state index in [1.165, 1.54) is 0 Å². The van der Waals surface area contributed by atoms with Gasteiger partial charge in [-0.05, 0) is 20.8 Å². The monoisotopic (exact) mass is 172 g/mol. The van der Waals surface area contributed by atoms with Crippen LogP contribution in [0.25, 0.3) is 0 Å². The summed E-state index contributed by atoms with van der Waals surface area (Å²) in [7, 11) is 0. The molecule has 70 valence electrons. The number of hydrogen-bond acceptors (Lipinski definition) is 3. The van der Waals surface area contributed by atoms with E-state index in [0.717, 1.165) is 0 Å². The molecule has 2 atom stereocenters. The number of amides is 1. The van der Waals surface area contributed by atoms with Crippen LogP contribution < -0.4 is 11.1 Å². The Hall–Kier alpha value is -0.610. The highest BCUT2D eigenvalue weighted by atomic mass is 16.5. The minimum Gasteiger partial charge on any atom is -0.367 e. The van der Waals surface area contributed by atoms with Crippen molar-refractivity contribution in [1.82, 2.24) is 5.32 Å². The normalized spacial score (nSPS) is 34.6. The largest absolute Gasteiger partial charge is 0.367 e. The van der Waals surface area contributed by atoms with Crippen molar-refractivity contribution in [2.75, 3.05) is 6.61 Å². The van der Waals surface area contributed by atoms with Crippen LogP contribution in [0, 0.1) is 0 Å². The number of ether oxygens (including phenoxy) is 1. The highest BCUT2D eigenvalue weighted by molar-refractivity contribution is 5.80. The molecule has 0 saturated carbocycles. The first-order valence-corrected chi connectivity index (χ1v) is 4.12. The molecule has 0 aromatic rings. The predicted octanol–water partition coefficient (Wildman–Crippen LogP) is -0.373. The van der Waals surface area contributed by atoms with Gasteiger partial charge in [-0.1, -0.05) is 0 Å². The lowest BCUT2D eigenvalue weighted by atomic mass is 9.93. The van der Waals surface area contributed by atoms with Crippen molar-refractivity contribution < 1.29 is 9.53 Å². The Bertz CT molecular complexity index is 191. The fourth-order valence-corrected chi connectivity index (χ4v) is 1.64. The summed E-state index contributed by atoms with van der Waals surface area (Å²) in [6.45, 7) is 6.38. The number of carbonyl (C=O) groups is 1. The van der Waals surface area contributed by atoms with Crippen molar-refractivity contribution in [2.45, 2.75) is 38.5 Å². The van der Waals surface area contributed by atoms with Gasteiger partial charge in [0.25, 0.3) is 0 Å². The lowest BCUT2D eigenvalue weighted by Crippen LogP contribution is -2.63. The molecule has 1 aliphatic heterocycles. The lowest BCUT2D eigenvalue weighted by Gasteiger charge is -2.40. The van der Waals surface area contributed by atoms with Crippen LogP contribution in [0.1, 0.15) is 20.8 Å². The van der Waals surface area contributed by atoms with Crippen molar-refractivity contribution in [3.8, 4) is 0 Å². The van der Waals surface area contributed by atoms with Gasteiger partial charge in [-0.25, -0.2) is 0 Å². The number of morpholine rings is 1. The van der Waals surface area contributed by atoms with Crippen LogP contribution >= 0.6 is 0 Å². The van der Waals surface area contributed by atoms with Crippen LogP contribution in [0.3, 0.4) is 0 Å². The molecule has 0 radical (unpaired) electrons. The summed E-state index contributed by atoms with van der Waals surface area (Å²) in [6, 6.07) is 0.274. The molecule has 1 rings (SSSR count). The van der Waals surface area contributed by atoms with E-state index in [4.69, 9.17) is 10.5 Å². The SMILES string of the molecule is CC1COC(C(N)=O)C(C)(C)N1. The second-order valence-electron chi connectivity index (χ2n) is 3.88. The molecule has 1 heterocycles. The number of carbonyl (C=O) groups excluding carboxylic acids is 1. The van der Waals surface area contributed by atoms with Gasteiger partial charge in [0, 0.05) is 11.6 Å². The van der Waals surface area contributed by atoms with Gasteiger partial charge in [0.15, 0.2) is 6.10 Å². The van der Waals surface area contributed by atoms with Crippen LogP contribution in [0.15, 0.2) is 0 Å². The van der Waals surface area contributed by atoms with Gasteiger partial charge < -0.3 is 15.8 Å². The van der Waals surface area contributed by atoms with Gasteiger partial charge in [-0.2, -0.15) is 0 Å². The molecule has 4 heteroatoms. The fourth-order valence-electron chi connectivity index (χ4n) is 1.64. The molecule has 1 amide bonds. The highest BCUT2D eigenvalue weighted by Crippen LogP contribution is 2.18. The van der Waals surface area contributed by atoms with Crippen molar-refractivity contribution >= 4 is 5.91 Å². The van der Waals surface area contributed by atoms with E-state index >= 15 is 0 Å². The van der Waals surface area contributed by atoms with Crippen LogP contribution in [0.4, 0.5) is 0 Å². The molecular formula is C8H16N2O2. The van der Waals surface area contributed by atoms with Crippen molar-refractivity contribution in [1.29, 1.82) is 0 Å². The Morgan fingerprint density at radius 1 is 1.67 bits per heavy atom. The maximum absolute atomic E-state index is 10.9. The van der Waals surface area contributed by atoms with Gasteiger partial charge >= 0.3 is 0 Å². The molecule has 1 aliphatic rings. The van der Waals surface area contributed by atoms with Crippen LogP contribution in [-0.4, -0.2) is 30.2 Å². The van der Waals surface area contributed by atoms with E-state index in [9.17, 15) is 4.79 Å². The average Bonchev–Trinajstić information content (AvgIpc) is 1.82. The molecule has 0 aliphatic carbocycles. The summed E-state index contributed by atoms with van der Waals surface area (Å²) in [5, 5.41) is 3.26. The smallest absolute Gasteiger partial charge is 0.248 e. The number of hydrogen-bond donors (Lipinski definition) is 2. The second-order valence-corrected chi connectivity index (χ2v) is 3.88. The Morgan fingerprint density at radius 2 is 2.25 bits per heavy atom. The molecular weight excluding hydrogens is 156 g/mol. The third-order valence-electron chi connectivity index (χ3n) is 2.05. The summed E-state index contributed by atoms with van der Waals surface area (Å²) in [4.78, 5) is 10.9. The molecule has 2 unspecified atom stereocenters. The lowest BCUT2D eigenvalue weighted by molar-refractivity contribution is -0.140. The first kappa shape index (κ1) is 9.48. The van der Waals surface area contributed by atoms with Crippen molar-refractivity contribution in [3.63, 3.8) is 0 Å². The van der Waals surface area contributed by atoms with E-state index < -0.39 is 12.0 Å². The van der Waals surface area contributed by atoms with Gasteiger partial charge in [0.1, 0.15) is 0 Å². The van der Waals surface area contributed by atoms with Gasteiger partial charge in [0.2, 0.25) is 5.91 Å². The third-order valence-corrected chi connectivity index (χ3v) is 2.05. The zero-order chi connectivity index (χ0) is 9.35. The van der Waals surface area contributed by atoms with E-state index in [0.29, 0.717) is 6.61 Å². The Morgan fingerprint density at radius 3 is 2.67 bits per heavy atom. The standard InChI is InChI=1S/C8H16N2O2/c1-5-4-12-6(7(9)11)8(2,3)10-5/h5-6,10H,4H2,1-3H3,(H2,9,11). The van der Waals surface area contributed by atoms with Gasteiger partial charge in [0.05, 0.1) is 6.61 Å². The fraction of sp³-hybridized carbons (Fsp3) is 0.875. The van der Waals surface area contributed by atoms with Crippen LogP contribution in [-0.2, 0) is 9.53 Å². The second kappa shape index (κ2) is 3.03. The summed E-state index contributed by atoms with van der Waals surface area (Å²) in [6.07, 6.45) is -0.520. The quantitative estimate of drug-likeness (QED) is 0.567. The molecule has 0 aromatic heterocycles. The van der Waals surface area contributed by atoms with Crippen molar-refractivity contribution in [2.24, 2.45) is 5.73 Å². The minimum atomic E-state index is -0.520. The first-order valence-electron chi connectivity index (χ1n) is 4.12. The summed E-state index contributed by atoms with van der Waals surface area (Å²) >= 11 is 0. The Kier molecular flexibility index (Phi) is 2.39. The molecule has 1 saturated heterocycles. The minimum absolute atomic E-state index is 0.274. The Balaban J connectivity index is 2.70. The van der Waals surface area contributed by atoms with E-state index in [1.54, 1.807) is 0 Å². The number of primary amides is 1. The maximum Gasteiger partial charge on any atom is 0.248 e. The van der Waals surface area contributed by atoms with E-state index in [-0.39, 0.29) is 11.6 Å². The molecule has 1 fully saturated rings. The van der Waals surface area contributed by atoms with Crippen LogP contribution in [0.2, 0.25) is 0 Å². The van der Waals surface area contributed by atoms with E-state index in [2.05, 4.69) is 5.32 Å². The maximum atomic E-state index is 10.9. The molecule has 3 N–H and O–H groups in total. The number of rotatable bonds is 1. The molecule has 4 nitrogen and oxygen atoms in total. The van der Waals surface area contributed by atoms with Gasteiger partial charge in [-0.15, -0.1) is 0 Å². The van der Waals surface area contributed by atoms with Crippen LogP contribution in [0.5, 0.6) is 0 Å². The zero-order valence-electron chi connectivity index (χ0n) is 7.76. The zero-order valence-corrected chi connectivity index (χ0v) is 7.76. The molecule has 12 heavy (non-hydrogen) atoms. The van der Waals surface area contributed by atoms with E-state index in [1.807, 2.05) is 20.8 Å². The van der Waals surface area contributed by atoms with Gasteiger partial charge in [-0.3, -0.25) is 4.79 Å². The first-order chi connectivity index (χ1) is 5.43. The average molecular weight is 172 g/mol. The number of nitrogens with one attached hydrogen (secondary N) is 1. The number of nitrogens with two attached hydrogens (primary N) is 1.